The van der Waals surface area contributed by atoms with Gasteiger partial charge in [-0.05, 0) is 12.1 Å². The highest BCUT2D eigenvalue weighted by Crippen LogP contribution is 2.61. The zero-order valence-corrected chi connectivity index (χ0v) is 33.8. The van der Waals surface area contributed by atoms with Gasteiger partial charge in [-0.2, -0.15) is 4.31 Å². The molecule has 7 atom stereocenters. The minimum absolute atomic E-state index is 0.0214. The zero-order chi connectivity index (χ0) is 43.2. The number of aromatic nitrogens is 4. The van der Waals surface area contributed by atoms with Crippen LogP contribution in [-0.2, 0) is 45.9 Å². The third-order valence-electron chi connectivity index (χ3n) is 8.04. The molecule has 322 valence electrons. The maximum absolute atomic E-state index is 12.7. The van der Waals surface area contributed by atoms with Gasteiger partial charge in [-0.15, -0.1) is 0 Å². The first-order chi connectivity index (χ1) is 26.9. The average Bonchev–Trinajstić information content (AvgIpc) is 3.69. The van der Waals surface area contributed by atoms with Crippen molar-refractivity contribution >= 4 is 74.8 Å². The normalized spacial score (nSPS) is 21.2. The van der Waals surface area contributed by atoms with E-state index in [9.17, 15) is 63.0 Å². The van der Waals surface area contributed by atoms with Crippen LogP contribution in [-0.4, -0.2) is 128 Å². The number of phenols is 1. The smallest absolute Gasteiger partial charge is 0.481 e. The van der Waals surface area contributed by atoms with Gasteiger partial charge in [0.1, 0.15) is 42.0 Å². The third kappa shape index (κ3) is 12.7. The first-order valence-electron chi connectivity index (χ1n) is 16.5. The summed E-state index contributed by atoms with van der Waals surface area (Å²) in [7, 11) is -16.4. The SMILES string of the molecule is CC(C)(COP(=O)(O)OP(=O)(O)OCC1OC(n2cnc3c(N)ncnc32)C(O)C1OP(=O)(O)O)C(O)C(=O)NCCC(=O)NCCSC(=O)c1cccc(O)c1N. The summed E-state index contributed by atoms with van der Waals surface area (Å²) in [4.78, 5) is 88.0. The lowest BCUT2D eigenvalue weighted by atomic mass is 9.87. The van der Waals surface area contributed by atoms with Gasteiger partial charge in [0.15, 0.2) is 17.7 Å². The van der Waals surface area contributed by atoms with Gasteiger partial charge < -0.3 is 61.7 Å². The summed E-state index contributed by atoms with van der Waals surface area (Å²) in [5.41, 5.74) is 9.95. The molecule has 0 saturated carbocycles. The van der Waals surface area contributed by atoms with Crippen molar-refractivity contribution in [1.29, 1.82) is 0 Å². The monoisotopic (exact) mass is 902 g/mol. The maximum atomic E-state index is 12.7. The number of phenolic OH excluding ortho intramolecular Hbond substituents is 1. The lowest BCUT2D eigenvalue weighted by molar-refractivity contribution is -0.137. The van der Waals surface area contributed by atoms with E-state index in [0.29, 0.717) is 0 Å². The molecule has 1 saturated heterocycles. The fourth-order valence-electron chi connectivity index (χ4n) is 5.08. The van der Waals surface area contributed by atoms with Crippen molar-refractivity contribution in [3.63, 3.8) is 0 Å². The number of nitrogens with one attached hydrogen (secondary N) is 2. The molecule has 7 unspecified atom stereocenters. The van der Waals surface area contributed by atoms with Crippen LogP contribution in [0.5, 0.6) is 5.75 Å². The van der Waals surface area contributed by atoms with Gasteiger partial charge in [0.2, 0.25) is 16.9 Å². The van der Waals surface area contributed by atoms with Gasteiger partial charge >= 0.3 is 23.5 Å². The number of rotatable bonds is 20. The number of carbonyl (C=O) groups is 3. The van der Waals surface area contributed by atoms with Crippen LogP contribution in [0, 0.1) is 5.41 Å². The Kier molecular flexibility index (Phi) is 15.6. The molecular formula is C28H41N8O18P3S. The van der Waals surface area contributed by atoms with Crippen LogP contribution in [0.3, 0.4) is 0 Å². The lowest BCUT2D eigenvalue weighted by Gasteiger charge is -2.30. The molecule has 13 N–H and O–H groups in total. The Bertz CT molecular complexity index is 2120. The van der Waals surface area contributed by atoms with E-state index in [1.165, 1.54) is 32.0 Å². The molecule has 0 radical (unpaired) electrons. The Morgan fingerprint density at radius 2 is 1.72 bits per heavy atom. The van der Waals surface area contributed by atoms with Crippen LogP contribution >= 0.6 is 35.2 Å². The first kappa shape index (κ1) is 47.1. The number of fused-ring (bicyclic) bond motifs is 1. The second-order valence-electron chi connectivity index (χ2n) is 12.9. The Hall–Kier alpha value is -3.62. The number of imidazole rings is 1. The van der Waals surface area contributed by atoms with E-state index in [-0.39, 0.29) is 59.2 Å². The molecule has 1 aliphatic heterocycles. The third-order valence-corrected chi connectivity index (χ3v) is 12.0. The van der Waals surface area contributed by atoms with E-state index < -0.39 is 89.7 Å². The van der Waals surface area contributed by atoms with Crippen LogP contribution in [0.4, 0.5) is 11.5 Å². The minimum atomic E-state index is -5.59. The summed E-state index contributed by atoms with van der Waals surface area (Å²) in [6, 6.07) is 4.23. The van der Waals surface area contributed by atoms with E-state index in [4.69, 9.17) is 25.3 Å². The molecule has 0 bridgehead atoms. The van der Waals surface area contributed by atoms with Crippen LogP contribution in [0.25, 0.3) is 11.2 Å². The predicted octanol–water partition coefficient (Wildman–Crippen LogP) is -0.734. The molecular weight excluding hydrogens is 861 g/mol. The van der Waals surface area contributed by atoms with Gasteiger partial charge in [-0.25, -0.2) is 28.6 Å². The van der Waals surface area contributed by atoms with E-state index >= 15 is 0 Å². The van der Waals surface area contributed by atoms with Crippen molar-refractivity contribution in [3.8, 4) is 5.75 Å². The largest absolute Gasteiger partial charge is 0.506 e. The van der Waals surface area contributed by atoms with Crippen molar-refractivity contribution in [2.75, 3.05) is 43.5 Å². The number of aliphatic hydroxyl groups excluding tert-OH is 2. The second-order valence-corrected chi connectivity index (χ2v) is 18.2. The molecule has 3 aromatic rings. The number of amides is 2. The minimum Gasteiger partial charge on any atom is -0.506 e. The molecule has 0 spiro atoms. The van der Waals surface area contributed by atoms with Gasteiger partial charge in [0.25, 0.3) is 0 Å². The molecule has 4 rings (SSSR count). The fourth-order valence-corrected chi connectivity index (χ4v) is 8.63. The number of hydrogen-bond donors (Lipinski definition) is 11. The van der Waals surface area contributed by atoms with Gasteiger partial charge in [-0.3, -0.25) is 32.5 Å². The molecule has 2 aromatic heterocycles. The van der Waals surface area contributed by atoms with Crippen molar-refractivity contribution in [2.24, 2.45) is 5.41 Å². The number of nitrogens with two attached hydrogens (primary N) is 2. The summed E-state index contributed by atoms with van der Waals surface area (Å²) >= 11 is 0.855. The summed E-state index contributed by atoms with van der Waals surface area (Å²) < 4.78 is 62.1. The Morgan fingerprint density at radius 1 is 1.03 bits per heavy atom. The van der Waals surface area contributed by atoms with Crippen molar-refractivity contribution in [2.45, 2.75) is 50.9 Å². The van der Waals surface area contributed by atoms with Gasteiger partial charge in [0.05, 0.1) is 30.8 Å². The van der Waals surface area contributed by atoms with E-state index in [1.807, 2.05) is 0 Å². The van der Waals surface area contributed by atoms with Crippen molar-refractivity contribution in [3.05, 3.63) is 36.4 Å². The molecule has 2 amide bonds. The van der Waals surface area contributed by atoms with Gasteiger partial charge in [-0.1, -0.05) is 31.7 Å². The number of anilines is 2. The highest BCUT2D eigenvalue weighted by atomic mass is 32.2. The zero-order valence-electron chi connectivity index (χ0n) is 30.3. The number of hydrogen-bond acceptors (Lipinski definition) is 20. The van der Waals surface area contributed by atoms with Crippen molar-refractivity contribution < 1.29 is 85.6 Å². The summed E-state index contributed by atoms with van der Waals surface area (Å²) in [5.74, 6) is -1.65. The van der Waals surface area contributed by atoms with Crippen LogP contribution in [0.2, 0.25) is 0 Å². The second kappa shape index (κ2) is 19.2. The number of thioether (sulfide) groups is 1. The highest BCUT2D eigenvalue weighted by Gasteiger charge is 2.50. The summed E-state index contributed by atoms with van der Waals surface area (Å²) in [5, 5.41) is 35.5. The van der Waals surface area contributed by atoms with E-state index in [1.54, 1.807) is 0 Å². The number of para-hydroxylation sites is 1. The number of nitrogens with zero attached hydrogens (tertiary/aromatic N) is 4. The number of carbonyl (C=O) groups excluding carboxylic acids is 3. The topological polar surface area (TPSA) is 410 Å². The number of ether oxygens (including phenoxy) is 1. The first-order valence-corrected chi connectivity index (χ1v) is 22.1. The van der Waals surface area contributed by atoms with Crippen LogP contribution in [0.15, 0.2) is 30.9 Å². The quantitative estimate of drug-likeness (QED) is 0.0288. The molecule has 1 fully saturated rings. The number of benzene rings is 1. The number of nitrogen functional groups attached to an aromatic ring is 2. The predicted molar refractivity (Wildman–Crippen MR) is 199 cm³/mol. The lowest BCUT2D eigenvalue weighted by Crippen LogP contribution is -2.46. The Morgan fingerprint density at radius 3 is 2.41 bits per heavy atom. The van der Waals surface area contributed by atoms with E-state index in [2.05, 4.69) is 34.4 Å². The van der Waals surface area contributed by atoms with Crippen molar-refractivity contribution in [1.82, 2.24) is 30.2 Å². The molecule has 26 nitrogen and oxygen atoms in total. The average molecular weight is 903 g/mol. The summed E-state index contributed by atoms with van der Waals surface area (Å²) in [6.45, 7) is 0.225. The fraction of sp³-hybridized carbons (Fsp3) is 0.500. The standard InChI is InChI=1S/C28H41N8O18P3S/c1-28(2,22(40)25(41)32-7-6-17(38)31-8-9-58-27(42)14-4-3-5-15(37)18(14)29)11-51-57(48,49)54-56(46,47)50-10-16-21(53-55(43,44)45)20(39)26(52-16)36-13-35-19-23(30)33-12-34-24(19)36/h3-5,12-13,16,20-22,26,37,39-40H,6-11,29H2,1-2H3,(H,31,38)(H,32,41)(H,46,47)(H,48,49)(H2,30,33,34)(H2,43,44,45). The Balaban J connectivity index is 1.23. The van der Waals surface area contributed by atoms with Gasteiger partial charge in [0, 0.05) is 30.7 Å². The summed E-state index contributed by atoms with van der Waals surface area (Å²) in [6.07, 6.45) is -7.08. The molecule has 58 heavy (non-hydrogen) atoms. The number of aromatic hydroxyl groups is 1. The molecule has 30 heteroatoms. The molecule has 1 aliphatic rings. The van der Waals surface area contributed by atoms with Crippen LogP contribution in [0.1, 0.15) is 36.9 Å². The van der Waals surface area contributed by atoms with E-state index in [0.717, 1.165) is 29.0 Å². The number of phosphoric ester groups is 3. The molecule has 3 heterocycles. The number of aliphatic hydroxyl groups is 2. The van der Waals surface area contributed by atoms with Crippen LogP contribution < -0.4 is 22.1 Å². The Labute approximate surface area is 332 Å². The maximum Gasteiger partial charge on any atom is 0.481 e. The highest BCUT2D eigenvalue weighted by molar-refractivity contribution is 8.14. The number of phosphoric acid groups is 3. The molecule has 0 aliphatic carbocycles. The molecule has 1 aromatic carbocycles.